The molecule has 0 fully saturated rings. The summed E-state index contributed by atoms with van der Waals surface area (Å²) in [6.07, 6.45) is 0. The molecular weight excluding hydrogens is 481 g/mol. The molecule has 0 saturated carbocycles. The van der Waals surface area contributed by atoms with Crippen LogP contribution in [0.4, 0.5) is 5.82 Å². The van der Waals surface area contributed by atoms with Crippen molar-refractivity contribution in [3.63, 3.8) is 0 Å². The minimum atomic E-state index is 0.179. The van der Waals surface area contributed by atoms with Crippen LogP contribution >= 0.6 is 43.5 Å². The SMILES string of the molecule is COc1c(Br)cc(-c2cc(-c3ccc(Cl)cc3)c(C#N)c(N)n2)cc1Br. The number of nitrogens with zero attached hydrogens (tertiary/aromatic N) is 2. The van der Waals surface area contributed by atoms with Gasteiger partial charge in [-0.05, 0) is 67.8 Å². The minimum Gasteiger partial charge on any atom is -0.494 e. The highest BCUT2D eigenvalue weighted by molar-refractivity contribution is 9.11. The number of halogens is 3. The first-order chi connectivity index (χ1) is 12.4. The summed E-state index contributed by atoms with van der Waals surface area (Å²) in [6.45, 7) is 0. The molecule has 0 spiro atoms. The van der Waals surface area contributed by atoms with Crippen LogP contribution in [0.15, 0.2) is 51.4 Å². The number of anilines is 1. The largest absolute Gasteiger partial charge is 0.494 e. The van der Waals surface area contributed by atoms with Gasteiger partial charge in [0, 0.05) is 16.1 Å². The third-order valence-corrected chi connectivity index (χ3v) is 5.24. The van der Waals surface area contributed by atoms with Gasteiger partial charge < -0.3 is 10.5 Å². The molecule has 0 aliphatic carbocycles. The third-order valence-electron chi connectivity index (χ3n) is 3.81. The molecule has 130 valence electrons. The Balaban J connectivity index is 2.22. The van der Waals surface area contributed by atoms with Crippen LogP contribution < -0.4 is 10.5 Å². The molecule has 0 radical (unpaired) electrons. The maximum atomic E-state index is 9.51. The average Bonchev–Trinajstić information content (AvgIpc) is 2.61. The minimum absolute atomic E-state index is 0.179. The number of nitriles is 1. The van der Waals surface area contributed by atoms with Crippen molar-refractivity contribution in [1.29, 1.82) is 5.26 Å². The number of nitrogen functional groups attached to an aromatic ring is 1. The molecule has 1 aromatic heterocycles. The number of pyridine rings is 1. The first-order valence-corrected chi connectivity index (χ1v) is 9.41. The van der Waals surface area contributed by atoms with Gasteiger partial charge in [-0.1, -0.05) is 23.7 Å². The van der Waals surface area contributed by atoms with Crippen molar-refractivity contribution < 1.29 is 4.74 Å². The van der Waals surface area contributed by atoms with Crippen LogP contribution in [0.25, 0.3) is 22.4 Å². The monoisotopic (exact) mass is 491 g/mol. The number of nitrogens with two attached hydrogens (primary N) is 1. The van der Waals surface area contributed by atoms with E-state index in [1.165, 1.54) is 0 Å². The molecule has 0 atom stereocenters. The van der Waals surface area contributed by atoms with Crippen LogP contribution in [0.1, 0.15) is 5.56 Å². The van der Waals surface area contributed by atoms with Crippen LogP contribution in [-0.2, 0) is 0 Å². The normalized spacial score (nSPS) is 10.4. The summed E-state index contributed by atoms with van der Waals surface area (Å²) in [7, 11) is 1.60. The van der Waals surface area contributed by atoms with Crippen molar-refractivity contribution in [3.8, 4) is 34.2 Å². The van der Waals surface area contributed by atoms with Crippen molar-refractivity contribution in [2.24, 2.45) is 0 Å². The fourth-order valence-corrected chi connectivity index (χ4v) is 4.23. The summed E-state index contributed by atoms with van der Waals surface area (Å²) >= 11 is 13.0. The van der Waals surface area contributed by atoms with Crippen molar-refractivity contribution in [2.45, 2.75) is 0 Å². The fourth-order valence-electron chi connectivity index (χ4n) is 2.59. The summed E-state index contributed by atoms with van der Waals surface area (Å²) in [4.78, 5) is 4.40. The molecule has 0 aliphatic heterocycles. The Labute approximate surface area is 172 Å². The Hall–Kier alpha value is -2.07. The van der Waals surface area contributed by atoms with Gasteiger partial charge in [-0.15, -0.1) is 0 Å². The average molecular weight is 494 g/mol. The molecule has 3 rings (SSSR count). The Morgan fingerprint density at radius 3 is 2.23 bits per heavy atom. The molecular formula is C19H12Br2ClN3O. The lowest BCUT2D eigenvalue weighted by molar-refractivity contribution is 0.409. The second-order valence-electron chi connectivity index (χ2n) is 5.41. The van der Waals surface area contributed by atoms with Crippen molar-refractivity contribution in [1.82, 2.24) is 4.98 Å². The van der Waals surface area contributed by atoms with Crippen LogP contribution in [0.2, 0.25) is 5.02 Å². The number of rotatable bonds is 3. The third kappa shape index (κ3) is 3.56. The van der Waals surface area contributed by atoms with Crippen molar-refractivity contribution in [3.05, 3.63) is 62.0 Å². The van der Waals surface area contributed by atoms with Gasteiger partial charge in [-0.25, -0.2) is 4.98 Å². The predicted molar refractivity (Wildman–Crippen MR) is 111 cm³/mol. The highest BCUT2D eigenvalue weighted by Gasteiger charge is 2.15. The van der Waals surface area contributed by atoms with Gasteiger partial charge in [0.25, 0.3) is 0 Å². The van der Waals surface area contributed by atoms with Gasteiger partial charge in [0.05, 0.1) is 21.7 Å². The van der Waals surface area contributed by atoms with E-state index in [9.17, 15) is 5.26 Å². The van der Waals surface area contributed by atoms with Crippen LogP contribution in [-0.4, -0.2) is 12.1 Å². The second-order valence-corrected chi connectivity index (χ2v) is 7.55. The van der Waals surface area contributed by atoms with E-state index in [1.54, 1.807) is 19.2 Å². The molecule has 2 N–H and O–H groups in total. The highest BCUT2D eigenvalue weighted by atomic mass is 79.9. The molecule has 4 nitrogen and oxygen atoms in total. The van der Waals surface area contributed by atoms with Gasteiger partial charge >= 0.3 is 0 Å². The molecule has 2 aromatic carbocycles. The lowest BCUT2D eigenvalue weighted by Crippen LogP contribution is -2.00. The van der Waals surface area contributed by atoms with E-state index in [0.717, 1.165) is 20.1 Å². The zero-order chi connectivity index (χ0) is 18.8. The number of hydrogen-bond acceptors (Lipinski definition) is 4. The number of aromatic nitrogens is 1. The maximum Gasteiger partial charge on any atom is 0.147 e. The summed E-state index contributed by atoms with van der Waals surface area (Å²) < 4.78 is 6.90. The zero-order valence-corrected chi connectivity index (χ0v) is 17.5. The Morgan fingerprint density at radius 2 is 1.69 bits per heavy atom. The number of methoxy groups -OCH3 is 1. The predicted octanol–water partition coefficient (Wildman–Crippen LogP) is 6.06. The summed E-state index contributed by atoms with van der Waals surface area (Å²) in [5, 5.41) is 10.1. The van der Waals surface area contributed by atoms with Crippen molar-refractivity contribution >= 4 is 49.3 Å². The first kappa shape index (κ1) is 18.7. The standard InChI is InChI=1S/C19H12Br2ClN3O/c1-26-18-15(20)6-11(7-16(18)21)17-8-13(14(9-23)19(24)25-17)10-2-4-12(22)5-3-10/h2-8H,1H3,(H2,24,25). The number of hydrogen-bond donors (Lipinski definition) is 1. The van der Waals surface area contributed by atoms with E-state index >= 15 is 0 Å². The topological polar surface area (TPSA) is 71.9 Å². The molecule has 3 aromatic rings. The Bertz CT molecular complexity index is 1010. The summed E-state index contributed by atoms with van der Waals surface area (Å²) in [5.41, 5.74) is 9.42. The molecule has 0 saturated heterocycles. The quantitative estimate of drug-likeness (QED) is 0.482. The zero-order valence-electron chi connectivity index (χ0n) is 13.6. The van der Waals surface area contributed by atoms with Gasteiger partial charge in [0.15, 0.2) is 0 Å². The van der Waals surface area contributed by atoms with E-state index < -0.39 is 0 Å². The molecule has 26 heavy (non-hydrogen) atoms. The summed E-state index contributed by atoms with van der Waals surface area (Å²) in [5.74, 6) is 0.867. The Morgan fingerprint density at radius 1 is 1.08 bits per heavy atom. The van der Waals surface area contributed by atoms with E-state index in [0.29, 0.717) is 27.6 Å². The Kier molecular flexibility index (Phi) is 5.52. The number of benzene rings is 2. The van der Waals surface area contributed by atoms with E-state index in [4.69, 9.17) is 22.1 Å². The van der Waals surface area contributed by atoms with Gasteiger partial charge in [-0.2, -0.15) is 5.26 Å². The summed E-state index contributed by atoms with van der Waals surface area (Å²) in [6, 6.07) is 15.0. The molecule has 0 bridgehead atoms. The molecule has 0 aliphatic rings. The first-order valence-electron chi connectivity index (χ1n) is 7.44. The van der Waals surface area contributed by atoms with Gasteiger partial charge in [0.2, 0.25) is 0 Å². The lowest BCUT2D eigenvalue weighted by Gasteiger charge is -2.12. The molecule has 0 amide bonds. The lowest BCUT2D eigenvalue weighted by atomic mass is 9.98. The second kappa shape index (κ2) is 7.67. The van der Waals surface area contributed by atoms with Gasteiger partial charge in [0.1, 0.15) is 23.2 Å². The number of ether oxygens (including phenoxy) is 1. The van der Waals surface area contributed by atoms with Crippen LogP contribution in [0, 0.1) is 11.3 Å². The molecule has 0 unspecified atom stereocenters. The van der Waals surface area contributed by atoms with E-state index in [2.05, 4.69) is 42.9 Å². The highest BCUT2D eigenvalue weighted by Crippen LogP contribution is 2.39. The van der Waals surface area contributed by atoms with Crippen LogP contribution in [0.5, 0.6) is 5.75 Å². The molecule has 1 heterocycles. The van der Waals surface area contributed by atoms with E-state index in [-0.39, 0.29) is 5.82 Å². The van der Waals surface area contributed by atoms with E-state index in [1.807, 2.05) is 30.3 Å². The molecule has 7 heteroatoms. The maximum absolute atomic E-state index is 9.51. The fraction of sp³-hybridized carbons (Fsp3) is 0.0526. The van der Waals surface area contributed by atoms with Crippen LogP contribution in [0.3, 0.4) is 0 Å². The smallest absolute Gasteiger partial charge is 0.147 e. The van der Waals surface area contributed by atoms with Gasteiger partial charge in [-0.3, -0.25) is 0 Å². The van der Waals surface area contributed by atoms with Crippen molar-refractivity contribution in [2.75, 3.05) is 12.8 Å².